The van der Waals surface area contributed by atoms with Gasteiger partial charge in [-0.05, 0) is 13.0 Å². The molecular formula is C8H13IN2. The molecule has 1 aromatic rings. The highest BCUT2D eigenvalue weighted by molar-refractivity contribution is 14.1. The highest BCUT2D eigenvalue weighted by Gasteiger charge is 2.17. The van der Waals surface area contributed by atoms with Crippen LogP contribution in [0, 0.1) is 6.92 Å². The van der Waals surface area contributed by atoms with Crippen LogP contribution < -0.4 is 0 Å². The number of aryl methyl sites for hydroxylation is 1. The van der Waals surface area contributed by atoms with Crippen LogP contribution in [-0.4, -0.2) is 7.99 Å². The van der Waals surface area contributed by atoms with E-state index in [-0.39, 0.29) is 5.41 Å². The van der Waals surface area contributed by atoms with Crippen LogP contribution in [0.1, 0.15) is 32.2 Å². The van der Waals surface area contributed by atoms with E-state index in [1.54, 1.807) is 0 Å². The normalized spacial score (nSPS) is 12.1. The van der Waals surface area contributed by atoms with Crippen LogP contribution >= 0.6 is 22.9 Å². The van der Waals surface area contributed by atoms with Gasteiger partial charge in [0.15, 0.2) is 0 Å². The van der Waals surface area contributed by atoms with E-state index in [4.69, 9.17) is 0 Å². The standard InChI is InChI=1S/C8H13IN2/c1-6-5-7(8(2,3)4)10-11(6)9/h5H,1-4H3. The molecule has 0 N–H and O–H groups in total. The maximum absolute atomic E-state index is 4.38. The van der Waals surface area contributed by atoms with Crippen molar-refractivity contribution in [2.24, 2.45) is 0 Å². The third kappa shape index (κ3) is 1.95. The highest BCUT2D eigenvalue weighted by atomic mass is 127. The molecular weight excluding hydrogens is 251 g/mol. The molecule has 0 spiro atoms. The first-order valence-corrected chi connectivity index (χ1v) is 4.61. The lowest BCUT2D eigenvalue weighted by atomic mass is 9.92. The molecule has 0 saturated carbocycles. The third-order valence-corrected chi connectivity index (χ3v) is 2.58. The molecule has 1 rings (SSSR count). The van der Waals surface area contributed by atoms with Gasteiger partial charge in [0.05, 0.1) is 28.6 Å². The van der Waals surface area contributed by atoms with Gasteiger partial charge < -0.3 is 0 Å². The summed E-state index contributed by atoms with van der Waals surface area (Å²) in [5.41, 5.74) is 2.53. The topological polar surface area (TPSA) is 17.8 Å². The molecule has 0 saturated heterocycles. The zero-order chi connectivity index (χ0) is 8.65. The van der Waals surface area contributed by atoms with Crippen molar-refractivity contribution in [2.75, 3.05) is 0 Å². The Labute approximate surface area is 81.5 Å². The third-order valence-electron chi connectivity index (χ3n) is 1.60. The van der Waals surface area contributed by atoms with Crippen LogP contribution in [0.4, 0.5) is 0 Å². The Hall–Kier alpha value is -0.0600. The molecule has 2 nitrogen and oxygen atoms in total. The van der Waals surface area contributed by atoms with Crippen molar-refractivity contribution >= 4 is 22.9 Å². The quantitative estimate of drug-likeness (QED) is 0.659. The first kappa shape index (κ1) is 9.03. The molecule has 0 aromatic carbocycles. The van der Waals surface area contributed by atoms with Crippen LogP contribution in [0.5, 0.6) is 0 Å². The molecule has 0 atom stereocenters. The molecule has 1 heterocycles. The second kappa shape index (κ2) is 2.77. The van der Waals surface area contributed by atoms with Crippen molar-refractivity contribution in [2.45, 2.75) is 33.1 Å². The molecule has 62 valence electrons. The zero-order valence-electron chi connectivity index (χ0n) is 7.35. The summed E-state index contributed by atoms with van der Waals surface area (Å²) in [6, 6.07) is 2.13. The number of hydrogen-bond acceptors (Lipinski definition) is 1. The lowest BCUT2D eigenvalue weighted by molar-refractivity contribution is 0.566. The molecule has 0 amide bonds. The number of halogens is 1. The van der Waals surface area contributed by atoms with Crippen molar-refractivity contribution < 1.29 is 0 Å². The molecule has 0 aliphatic carbocycles. The maximum Gasteiger partial charge on any atom is 0.0846 e. The molecule has 0 bridgehead atoms. The van der Waals surface area contributed by atoms with Gasteiger partial charge in [0.2, 0.25) is 0 Å². The molecule has 0 fully saturated rings. The minimum absolute atomic E-state index is 0.168. The van der Waals surface area contributed by atoms with Gasteiger partial charge in [0.25, 0.3) is 0 Å². The van der Waals surface area contributed by atoms with Gasteiger partial charge in [-0.1, -0.05) is 20.8 Å². The smallest absolute Gasteiger partial charge is 0.0846 e. The molecule has 11 heavy (non-hydrogen) atoms. The highest BCUT2D eigenvalue weighted by Crippen LogP contribution is 2.21. The first-order valence-electron chi connectivity index (χ1n) is 3.64. The van der Waals surface area contributed by atoms with Crippen LogP contribution in [0.3, 0.4) is 0 Å². The van der Waals surface area contributed by atoms with Gasteiger partial charge in [-0.2, -0.15) is 5.10 Å². The van der Waals surface area contributed by atoms with Crippen molar-refractivity contribution in [3.63, 3.8) is 0 Å². The van der Waals surface area contributed by atoms with Crippen LogP contribution in [0.15, 0.2) is 6.07 Å². The van der Waals surface area contributed by atoms with E-state index in [0.29, 0.717) is 0 Å². The van der Waals surface area contributed by atoms with E-state index in [1.807, 2.05) is 2.90 Å². The Bertz CT molecular complexity index is 238. The maximum atomic E-state index is 4.38. The molecule has 0 aliphatic heterocycles. The van der Waals surface area contributed by atoms with E-state index >= 15 is 0 Å². The average Bonchev–Trinajstić information content (AvgIpc) is 2.11. The lowest BCUT2D eigenvalue weighted by Crippen LogP contribution is -2.11. The summed E-state index contributed by atoms with van der Waals surface area (Å²) in [7, 11) is 0. The lowest BCUT2D eigenvalue weighted by Gasteiger charge is -2.13. The van der Waals surface area contributed by atoms with E-state index in [9.17, 15) is 0 Å². The van der Waals surface area contributed by atoms with E-state index in [1.165, 1.54) is 5.69 Å². The second-order valence-electron chi connectivity index (χ2n) is 3.78. The minimum Gasteiger partial charge on any atom is -0.208 e. The second-order valence-corrected chi connectivity index (χ2v) is 4.69. The number of aromatic nitrogens is 2. The summed E-state index contributed by atoms with van der Waals surface area (Å²) in [6.45, 7) is 8.58. The summed E-state index contributed by atoms with van der Waals surface area (Å²) in [5.74, 6) is 0. The zero-order valence-corrected chi connectivity index (χ0v) is 9.51. The Morgan fingerprint density at radius 2 is 2.00 bits per heavy atom. The van der Waals surface area contributed by atoms with Crippen molar-refractivity contribution in [3.05, 3.63) is 17.5 Å². The summed E-state index contributed by atoms with van der Waals surface area (Å²) in [5, 5.41) is 4.38. The Balaban J connectivity index is 3.08. The number of nitrogens with zero attached hydrogens (tertiary/aromatic N) is 2. The van der Waals surface area contributed by atoms with Crippen LogP contribution in [0.2, 0.25) is 0 Å². The van der Waals surface area contributed by atoms with E-state index < -0.39 is 0 Å². The fourth-order valence-electron chi connectivity index (χ4n) is 0.820. The van der Waals surface area contributed by atoms with Gasteiger partial charge in [-0.15, -0.1) is 0 Å². The van der Waals surface area contributed by atoms with Crippen LogP contribution in [-0.2, 0) is 5.41 Å². The van der Waals surface area contributed by atoms with Crippen molar-refractivity contribution in [3.8, 4) is 0 Å². The molecule has 1 aromatic heterocycles. The fourth-order valence-corrected chi connectivity index (χ4v) is 1.19. The van der Waals surface area contributed by atoms with Crippen molar-refractivity contribution in [1.29, 1.82) is 0 Å². The number of hydrogen-bond donors (Lipinski definition) is 0. The van der Waals surface area contributed by atoms with Gasteiger partial charge in [0.1, 0.15) is 0 Å². The predicted octanol–water partition coefficient (Wildman–Crippen LogP) is 2.69. The first-order chi connectivity index (χ1) is 4.91. The number of rotatable bonds is 0. The van der Waals surface area contributed by atoms with Gasteiger partial charge >= 0.3 is 0 Å². The fraction of sp³-hybridized carbons (Fsp3) is 0.625. The van der Waals surface area contributed by atoms with Gasteiger partial charge in [-0.25, -0.2) is 2.90 Å². The largest absolute Gasteiger partial charge is 0.208 e. The Morgan fingerprint density at radius 3 is 2.18 bits per heavy atom. The van der Waals surface area contributed by atoms with E-state index in [2.05, 4.69) is 61.7 Å². The summed E-state index contributed by atoms with van der Waals surface area (Å²) in [4.78, 5) is 0. The van der Waals surface area contributed by atoms with Crippen LogP contribution in [0.25, 0.3) is 0 Å². The van der Waals surface area contributed by atoms with Gasteiger partial charge in [-0.3, -0.25) is 0 Å². The SMILES string of the molecule is Cc1cc(C(C)(C)C)nn1I. The van der Waals surface area contributed by atoms with E-state index in [0.717, 1.165) is 5.69 Å². The average molecular weight is 264 g/mol. The molecule has 0 aliphatic rings. The van der Waals surface area contributed by atoms with Crippen molar-refractivity contribution in [1.82, 2.24) is 7.99 Å². The molecule has 3 heteroatoms. The Kier molecular flexibility index (Phi) is 2.27. The summed E-state index contributed by atoms with van der Waals surface area (Å²) in [6.07, 6.45) is 0. The summed E-state index contributed by atoms with van der Waals surface area (Å²) >= 11 is 2.19. The Morgan fingerprint density at radius 1 is 1.45 bits per heavy atom. The summed E-state index contributed by atoms with van der Waals surface area (Å²) < 4.78 is 1.89. The predicted molar refractivity (Wildman–Crippen MR) is 55.1 cm³/mol. The molecule has 0 unspecified atom stereocenters. The van der Waals surface area contributed by atoms with Gasteiger partial charge in [0, 0.05) is 11.1 Å². The minimum atomic E-state index is 0.168. The monoisotopic (exact) mass is 264 g/mol. The molecule has 0 radical (unpaired) electrons.